The summed E-state index contributed by atoms with van der Waals surface area (Å²) in [5.74, 6) is -0.0997. The lowest BCUT2D eigenvalue weighted by atomic mass is 10.1. The SMILES string of the molecule is CCC(C)(C)OCC(C)CS(=O)(=O)Cl. The minimum atomic E-state index is -3.41. The van der Waals surface area contributed by atoms with E-state index in [0.717, 1.165) is 6.42 Å². The average molecular weight is 243 g/mol. The first-order valence-electron chi connectivity index (χ1n) is 4.72. The topological polar surface area (TPSA) is 43.4 Å². The van der Waals surface area contributed by atoms with E-state index in [0.29, 0.717) is 6.61 Å². The van der Waals surface area contributed by atoms with Gasteiger partial charge in [-0.25, -0.2) is 8.42 Å². The van der Waals surface area contributed by atoms with E-state index in [4.69, 9.17) is 15.4 Å². The number of ether oxygens (including phenoxy) is 1. The first kappa shape index (κ1) is 14.2. The average Bonchev–Trinajstić information content (AvgIpc) is 1.98. The van der Waals surface area contributed by atoms with E-state index >= 15 is 0 Å². The lowest BCUT2D eigenvalue weighted by Crippen LogP contribution is -2.27. The summed E-state index contributed by atoms with van der Waals surface area (Å²) in [6.45, 7) is 8.23. The first-order chi connectivity index (χ1) is 6.16. The lowest BCUT2D eigenvalue weighted by molar-refractivity contribution is -0.0322. The van der Waals surface area contributed by atoms with Crippen LogP contribution in [0.5, 0.6) is 0 Å². The third-order valence-corrected chi connectivity index (χ3v) is 3.44. The molecule has 0 heterocycles. The zero-order valence-corrected chi connectivity index (χ0v) is 10.8. The van der Waals surface area contributed by atoms with Crippen LogP contribution in [0.15, 0.2) is 0 Å². The second kappa shape index (κ2) is 5.33. The second-order valence-electron chi connectivity index (χ2n) is 4.23. The van der Waals surface area contributed by atoms with Crippen molar-refractivity contribution in [1.29, 1.82) is 0 Å². The smallest absolute Gasteiger partial charge is 0.232 e. The largest absolute Gasteiger partial charge is 0.375 e. The van der Waals surface area contributed by atoms with Gasteiger partial charge >= 0.3 is 0 Å². The third kappa shape index (κ3) is 7.59. The summed E-state index contributed by atoms with van der Waals surface area (Å²) in [5, 5.41) is 0. The van der Waals surface area contributed by atoms with Crippen molar-refractivity contribution in [3.63, 3.8) is 0 Å². The molecule has 0 saturated heterocycles. The number of halogens is 1. The highest BCUT2D eigenvalue weighted by molar-refractivity contribution is 8.13. The van der Waals surface area contributed by atoms with Gasteiger partial charge in [0.2, 0.25) is 9.05 Å². The van der Waals surface area contributed by atoms with Gasteiger partial charge < -0.3 is 4.74 Å². The van der Waals surface area contributed by atoms with Gasteiger partial charge in [-0.3, -0.25) is 0 Å². The molecule has 0 aromatic heterocycles. The maximum Gasteiger partial charge on any atom is 0.232 e. The Morgan fingerprint density at radius 1 is 1.43 bits per heavy atom. The molecule has 1 unspecified atom stereocenters. The van der Waals surface area contributed by atoms with E-state index in [1.807, 2.05) is 27.7 Å². The molecule has 0 aliphatic heterocycles. The predicted molar refractivity (Wildman–Crippen MR) is 59.1 cm³/mol. The Morgan fingerprint density at radius 3 is 2.29 bits per heavy atom. The van der Waals surface area contributed by atoms with Gasteiger partial charge in [-0.05, 0) is 26.2 Å². The third-order valence-electron chi connectivity index (χ3n) is 2.09. The van der Waals surface area contributed by atoms with E-state index in [2.05, 4.69) is 0 Å². The van der Waals surface area contributed by atoms with Crippen LogP contribution < -0.4 is 0 Å². The van der Waals surface area contributed by atoms with Crippen molar-refractivity contribution in [2.24, 2.45) is 5.92 Å². The molecule has 0 rings (SSSR count). The standard InChI is InChI=1S/C9H19ClO3S/c1-5-9(3,4)13-6-8(2)7-14(10,11)12/h8H,5-7H2,1-4H3. The van der Waals surface area contributed by atoms with E-state index in [1.165, 1.54) is 0 Å². The van der Waals surface area contributed by atoms with Gasteiger partial charge in [-0.15, -0.1) is 0 Å². The van der Waals surface area contributed by atoms with E-state index in [1.54, 1.807) is 0 Å². The zero-order chi connectivity index (χ0) is 11.4. The molecule has 0 aromatic carbocycles. The normalized spacial score (nSPS) is 15.5. The van der Waals surface area contributed by atoms with Crippen LogP contribution in [0, 0.1) is 5.92 Å². The molecule has 0 aliphatic carbocycles. The van der Waals surface area contributed by atoms with Crippen LogP contribution in [0.3, 0.4) is 0 Å². The van der Waals surface area contributed by atoms with E-state index < -0.39 is 9.05 Å². The molecule has 0 N–H and O–H groups in total. The summed E-state index contributed by atoms with van der Waals surface area (Å²) in [6.07, 6.45) is 0.896. The summed E-state index contributed by atoms with van der Waals surface area (Å²) in [6, 6.07) is 0. The summed E-state index contributed by atoms with van der Waals surface area (Å²) >= 11 is 0. The fourth-order valence-corrected chi connectivity index (χ4v) is 2.28. The minimum Gasteiger partial charge on any atom is -0.375 e. The van der Waals surface area contributed by atoms with Crippen LogP contribution in [0.4, 0.5) is 0 Å². The van der Waals surface area contributed by atoms with Gasteiger partial charge in [0.05, 0.1) is 18.0 Å². The lowest BCUT2D eigenvalue weighted by Gasteiger charge is -2.25. The number of rotatable bonds is 6. The van der Waals surface area contributed by atoms with Crippen molar-refractivity contribution in [3.8, 4) is 0 Å². The summed E-state index contributed by atoms with van der Waals surface area (Å²) in [7, 11) is 1.72. The summed E-state index contributed by atoms with van der Waals surface area (Å²) in [5.41, 5.74) is -0.190. The molecule has 1 atom stereocenters. The van der Waals surface area contributed by atoms with E-state index in [9.17, 15) is 8.42 Å². The van der Waals surface area contributed by atoms with Crippen LogP contribution in [-0.2, 0) is 13.8 Å². The molecule has 0 spiro atoms. The van der Waals surface area contributed by atoms with Crippen LogP contribution in [0.25, 0.3) is 0 Å². The molecule has 0 bridgehead atoms. The van der Waals surface area contributed by atoms with Crippen molar-refractivity contribution >= 4 is 19.7 Å². The molecule has 0 fully saturated rings. The molecule has 86 valence electrons. The van der Waals surface area contributed by atoms with Gasteiger partial charge in [-0.2, -0.15) is 0 Å². The Bertz CT molecular complexity index is 259. The van der Waals surface area contributed by atoms with Crippen molar-refractivity contribution in [3.05, 3.63) is 0 Å². The van der Waals surface area contributed by atoms with Crippen LogP contribution in [-0.4, -0.2) is 26.4 Å². The van der Waals surface area contributed by atoms with Gasteiger partial charge in [0.1, 0.15) is 0 Å². The Labute approximate surface area is 91.2 Å². The fraction of sp³-hybridized carbons (Fsp3) is 1.00. The molecule has 0 radical (unpaired) electrons. The predicted octanol–water partition coefficient (Wildman–Crippen LogP) is 2.40. The van der Waals surface area contributed by atoms with Gasteiger partial charge in [0.25, 0.3) is 0 Å². The minimum absolute atomic E-state index is 0.0334. The molecular weight excluding hydrogens is 224 g/mol. The number of hydrogen-bond acceptors (Lipinski definition) is 3. The molecule has 5 heteroatoms. The fourth-order valence-electron chi connectivity index (χ4n) is 0.858. The highest BCUT2D eigenvalue weighted by Crippen LogP contribution is 2.16. The molecule has 3 nitrogen and oxygen atoms in total. The highest BCUT2D eigenvalue weighted by Gasteiger charge is 2.19. The molecule has 0 aromatic rings. The van der Waals surface area contributed by atoms with Crippen LogP contribution >= 0.6 is 10.7 Å². The zero-order valence-electron chi connectivity index (χ0n) is 9.21. The van der Waals surface area contributed by atoms with Gasteiger partial charge in [-0.1, -0.05) is 13.8 Å². The number of hydrogen-bond donors (Lipinski definition) is 0. The van der Waals surface area contributed by atoms with Crippen molar-refractivity contribution in [2.75, 3.05) is 12.4 Å². The first-order valence-corrected chi connectivity index (χ1v) is 7.20. The molecule has 14 heavy (non-hydrogen) atoms. The van der Waals surface area contributed by atoms with Crippen molar-refractivity contribution < 1.29 is 13.2 Å². The highest BCUT2D eigenvalue weighted by atomic mass is 35.7. The summed E-state index contributed by atoms with van der Waals surface area (Å²) in [4.78, 5) is 0. The van der Waals surface area contributed by atoms with Crippen molar-refractivity contribution in [1.82, 2.24) is 0 Å². The Kier molecular flexibility index (Phi) is 5.41. The Morgan fingerprint density at radius 2 is 1.93 bits per heavy atom. The molecule has 0 amide bonds. The van der Waals surface area contributed by atoms with E-state index in [-0.39, 0.29) is 17.3 Å². The van der Waals surface area contributed by atoms with Crippen molar-refractivity contribution in [2.45, 2.75) is 39.7 Å². The Hall–Kier alpha value is 0.200. The van der Waals surface area contributed by atoms with Gasteiger partial charge in [0.15, 0.2) is 0 Å². The maximum absolute atomic E-state index is 10.7. The Balaban J connectivity index is 3.92. The quantitative estimate of drug-likeness (QED) is 0.672. The monoisotopic (exact) mass is 242 g/mol. The maximum atomic E-state index is 10.7. The van der Waals surface area contributed by atoms with Crippen LogP contribution in [0.2, 0.25) is 0 Å². The molecule has 0 aliphatic rings. The van der Waals surface area contributed by atoms with Crippen LogP contribution in [0.1, 0.15) is 34.1 Å². The molecule has 0 saturated carbocycles. The molecular formula is C9H19ClO3S. The second-order valence-corrected chi connectivity index (χ2v) is 7.06. The van der Waals surface area contributed by atoms with Gasteiger partial charge in [0, 0.05) is 10.7 Å². The summed E-state index contributed by atoms with van der Waals surface area (Å²) < 4.78 is 27.1.